The maximum absolute atomic E-state index is 12.6. The highest BCUT2D eigenvalue weighted by Crippen LogP contribution is 2.29. The van der Waals surface area contributed by atoms with Gasteiger partial charge in [-0.2, -0.15) is 4.31 Å². The van der Waals surface area contributed by atoms with Crippen LogP contribution in [0.25, 0.3) is 0 Å². The molecular formula is C14H23N3O2S. The molecule has 0 amide bonds. The number of rotatable bonds is 5. The van der Waals surface area contributed by atoms with E-state index in [1.165, 1.54) is 12.8 Å². The summed E-state index contributed by atoms with van der Waals surface area (Å²) in [5, 5.41) is 3.38. The number of nitrogens with zero attached hydrogens (tertiary/aromatic N) is 1. The summed E-state index contributed by atoms with van der Waals surface area (Å²) in [7, 11) is -3.35. The molecule has 0 aromatic carbocycles. The van der Waals surface area contributed by atoms with Crippen LogP contribution in [0.1, 0.15) is 38.8 Å². The van der Waals surface area contributed by atoms with Crippen LogP contribution >= 0.6 is 0 Å². The molecule has 1 aliphatic carbocycles. The van der Waals surface area contributed by atoms with E-state index in [9.17, 15) is 8.42 Å². The van der Waals surface area contributed by atoms with Crippen LogP contribution < -0.4 is 5.32 Å². The summed E-state index contributed by atoms with van der Waals surface area (Å²) >= 11 is 0. The zero-order chi connectivity index (χ0) is 14.3. The highest BCUT2D eigenvalue weighted by molar-refractivity contribution is 7.89. The lowest BCUT2D eigenvalue weighted by Gasteiger charge is -2.19. The minimum absolute atomic E-state index is 0.0953. The van der Waals surface area contributed by atoms with Gasteiger partial charge in [-0.05, 0) is 38.2 Å². The van der Waals surface area contributed by atoms with Crippen molar-refractivity contribution in [1.82, 2.24) is 14.6 Å². The second-order valence-corrected chi connectivity index (χ2v) is 8.17. The Hall–Kier alpha value is -0.850. The van der Waals surface area contributed by atoms with Crippen LogP contribution in [0.15, 0.2) is 17.2 Å². The Morgan fingerprint density at radius 3 is 2.75 bits per heavy atom. The van der Waals surface area contributed by atoms with Gasteiger partial charge < -0.3 is 10.3 Å². The maximum atomic E-state index is 12.6. The fourth-order valence-corrected chi connectivity index (χ4v) is 4.72. The summed E-state index contributed by atoms with van der Waals surface area (Å²) in [6.07, 6.45) is 5.03. The zero-order valence-corrected chi connectivity index (χ0v) is 12.9. The van der Waals surface area contributed by atoms with Crippen LogP contribution in [-0.4, -0.2) is 36.3 Å². The van der Waals surface area contributed by atoms with E-state index in [1.54, 1.807) is 16.6 Å². The fraction of sp³-hybridized carbons (Fsp3) is 0.714. The van der Waals surface area contributed by atoms with E-state index in [0.717, 1.165) is 12.1 Å². The first-order valence-corrected chi connectivity index (χ1v) is 8.83. The number of hydrogen-bond donors (Lipinski definition) is 2. The number of aromatic nitrogens is 1. The predicted molar refractivity (Wildman–Crippen MR) is 77.8 cm³/mol. The van der Waals surface area contributed by atoms with Gasteiger partial charge in [0.2, 0.25) is 10.0 Å². The third kappa shape index (κ3) is 2.77. The second-order valence-electron chi connectivity index (χ2n) is 6.28. The summed E-state index contributed by atoms with van der Waals surface area (Å²) in [5.74, 6) is 0.440. The third-order valence-electron chi connectivity index (χ3n) is 4.21. The minimum Gasteiger partial charge on any atom is -0.363 e. The number of nitrogens with one attached hydrogen (secondary N) is 2. The Kier molecular flexibility index (Phi) is 3.64. The number of sulfonamides is 1. The van der Waals surface area contributed by atoms with Crippen LogP contribution in [0.3, 0.4) is 0 Å². The second kappa shape index (κ2) is 5.16. The van der Waals surface area contributed by atoms with E-state index in [2.05, 4.69) is 17.2 Å². The van der Waals surface area contributed by atoms with Gasteiger partial charge in [-0.3, -0.25) is 0 Å². The molecule has 1 aromatic rings. The smallest absolute Gasteiger partial charge is 0.244 e. The van der Waals surface area contributed by atoms with E-state index < -0.39 is 10.0 Å². The Morgan fingerprint density at radius 1 is 1.40 bits per heavy atom. The number of H-pyrrole nitrogens is 1. The van der Waals surface area contributed by atoms with Crippen molar-refractivity contribution < 1.29 is 8.42 Å². The number of hydrogen-bond acceptors (Lipinski definition) is 3. The van der Waals surface area contributed by atoms with E-state index in [-0.39, 0.29) is 6.04 Å². The standard InChI is InChI=1S/C14H23N3O2S/c1-10-5-11(2)17(9-10)20(18,19)14-6-13(16-8-14)7-15-12-3-4-12/h6,8,10-12,15-16H,3-5,7,9H2,1-2H3. The molecule has 6 heteroatoms. The van der Waals surface area contributed by atoms with Crippen molar-refractivity contribution >= 4 is 10.0 Å². The van der Waals surface area contributed by atoms with E-state index >= 15 is 0 Å². The van der Waals surface area contributed by atoms with Gasteiger partial charge in [0.15, 0.2) is 0 Å². The van der Waals surface area contributed by atoms with Gasteiger partial charge in [-0.1, -0.05) is 6.92 Å². The molecule has 2 heterocycles. The molecule has 0 radical (unpaired) electrons. The quantitative estimate of drug-likeness (QED) is 0.869. The van der Waals surface area contributed by atoms with Gasteiger partial charge in [0.05, 0.1) is 4.90 Å². The normalized spacial score (nSPS) is 28.1. The van der Waals surface area contributed by atoms with Crippen molar-refractivity contribution in [2.24, 2.45) is 5.92 Å². The van der Waals surface area contributed by atoms with Gasteiger partial charge in [-0.25, -0.2) is 8.42 Å². The molecule has 2 aliphatic rings. The first kappa shape index (κ1) is 14.1. The molecule has 0 bridgehead atoms. The monoisotopic (exact) mass is 297 g/mol. The van der Waals surface area contributed by atoms with Gasteiger partial charge >= 0.3 is 0 Å². The first-order valence-electron chi connectivity index (χ1n) is 7.39. The summed E-state index contributed by atoms with van der Waals surface area (Å²) < 4.78 is 26.9. The van der Waals surface area contributed by atoms with Crippen molar-refractivity contribution in [1.29, 1.82) is 0 Å². The molecule has 1 aliphatic heterocycles. The van der Waals surface area contributed by atoms with Crippen molar-refractivity contribution in [3.8, 4) is 0 Å². The first-order chi connectivity index (χ1) is 9.46. The Balaban J connectivity index is 1.73. The van der Waals surface area contributed by atoms with Gasteiger partial charge in [0.25, 0.3) is 0 Å². The minimum atomic E-state index is -3.35. The lowest BCUT2D eigenvalue weighted by Crippen LogP contribution is -2.33. The SMILES string of the molecule is CC1CC(C)N(S(=O)(=O)c2c[nH]c(CNC3CC3)c2)C1. The van der Waals surface area contributed by atoms with Crippen molar-refractivity contribution in [2.45, 2.75) is 56.6 Å². The average Bonchev–Trinajstić information content (AvgIpc) is 2.96. The fourth-order valence-electron chi connectivity index (χ4n) is 2.94. The molecule has 20 heavy (non-hydrogen) atoms. The van der Waals surface area contributed by atoms with Crippen molar-refractivity contribution in [2.75, 3.05) is 6.54 Å². The molecule has 2 atom stereocenters. The molecule has 1 saturated heterocycles. The van der Waals surface area contributed by atoms with Gasteiger partial charge in [0.1, 0.15) is 0 Å². The van der Waals surface area contributed by atoms with E-state index in [0.29, 0.717) is 29.9 Å². The Morgan fingerprint density at radius 2 is 2.15 bits per heavy atom. The molecule has 1 saturated carbocycles. The van der Waals surface area contributed by atoms with Gasteiger partial charge in [-0.15, -0.1) is 0 Å². The van der Waals surface area contributed by atoms with Crippen molar-refractivity contribution in [3.63, 3.8) is 0 Å². The lowest BCUT2D eigenvalue weighted by molar-refractivity contribution is 0.405. The average molecular weight is 297 g/mol. The van der Waals surface area contributed by atoms with Crippen LogP contribution in [0.4, 0.5) is 0 Å². The van der Waals surface area contributed by atoms with Gasteiger partial charge in [0, 0.05) is 37.1 Å². The van der Waals surface area contributed by atoms with Crippen LogP contribution in [0.5, 0.6) is 0 Å². The molecule has 112 valence electrons. The van der Waals surface area contributed by atoms with Crippen molar-refractivity contribution in [3.05, 3.63) is 18.0 Å². The third-order valence-corrected chi connectivity index (χ3v) is 6.17. The highest BCUT2D eigenvalue weighted by atomic mass is 32.2. The summed E-state index contributed by atoms with van der Waals surface area (Å²) in [6.45, 7) is 5.44. The molecule has 2 N–H and O–H groups in total. The number of aromatic amines is 1. The van der Waals surface area contributed by atoms with Crippen LogP contribution in [0.2, 0.25) is 0 Å². The molecular weight excluding hydrogens is 274 g/mol. The molecule has 1 aromatic heterocycles. The maximum Gasteiger partial charge on any atom is 0.244 e. The Bertz CT molecular complexity index is 577. The molecule has 0 spiro atoms. The zero-order valence-electron chi connectivity index (χ0n) is 12.1. The van der Waals surface area contributed by atoms with E-state index in [1.807, 2.05) is 6.92 Å². The highest BCUT2D eigenvalue weighted by Gasteiger charge is 2.36. The molecule has 2 unspecified atom stereocenters. The summed E-state index contributed by atoms with van der Waals surface area (Å²) in [5.41, 5.74) is 0.940. The summed E-state index contributed by atoms with van der Waals surface area (Å²) in [4.78, 5) is 3.47. The molecule has 2 fully saturated rings. The summed E-state index contributed by atoms with van der Waals surface area (Å²) in [6, 6.07) is 2.48. The van der Waals surface area contributed by atoms with Crippen LogP contribution in [-0.2, 0) is 16.6 Å². The molecule has 5 nitrogen and oxygen atoms in total. The Labute approximate surface area is 120 Å². The lowest BCUT2D eigenvalue weighted by atomic mass is 10.1. The largest absolute Gasteiger partial charge is 0.363 e. The van der Waals surface area contributed by atoms with E-state index in [4.69, 9.17) is 0 Å². The topological polar surface area (TPSA) is 65.2 Å². The van der Waals surface area contributed by atoms with Crippen LogP contribution in [0, 0.1) is 5.92 Å². The molecule has 3 rings (SSSR count). The predicted octanol–water partition coefficient (Wildman–Crippen LogP) is 1.69.